The molecule has 2 N–H and O–H groups in total. The largest absolute Gasteiger partial charge is 0.399 e. The van der Waals surface area contributed by atoms with E-state index in [9.17, 15) is 4.79 Å². The summed E-state index contributed by atoms with van der Waals surface area (Å²) in [6.07, 6.45) is 7.40. The molecule has 5 heteroatoms. The molecule has 1 aliphatic carbocycles. The fraction of sp³-hybridized carbons (Fsp3) is 0.474. The van der Waals surface area contributed by atoms with E-state index in [4.69, 9.17) is 5.73 Å². The van der Waals surface area contributed by atoms with Gasteiger partial charge in [-0.1, -0.05) is 25.0 Å². The summed E-state index contributed by atoms with van der Waals surface area (Å²) in [5.41, 5.74) is 8.14. The third kappa shape index (κ3) is 2.93. The van der Waals surface area contributed by atoms with Gasteiger partial charge in [-0.3, -0.25) is 4.79 Å². The average Bonchev–Trinajstić information content (AvgIpc) is 3.11. The van der Waals surface area contributed by atoms with E-state index < -0.39 is 0 Å². The third-order valence-electron chi connectivity index (χ3n) is 5.36. The van der Waals surface area contributed by atoms with Crippen LogP contribution in [0.2, 0.25) is 0 Å². The number of likely N-dealkylation sites (tertiary alicyclic amines) is 1. The van der Waals surface area contributed by atoms with Crippen LogP contribution < -0.4 is 5.73 Å². The normalized spacial score (nSPS) is 23.8. The molecular weight excluding hydrogens is 318 g/mol. The van der Waals surface area contributed by atoms with Crippen molar-refractivity contribution in [1.29, 1.82) is 0 Å². The van der Waals surface area contributed by atoms with Gasteiger partial charge in [-0.25, -0.2) is 4.98 Å². The summed E-state index contributed by atoms with van der Waals surface area (Å²) in [6, 6.07) is 8.11. The van der Waals surface area contributed by atoms with Crippen molar-refractivity contribution >= 4 is 22.9 Å². The summed E-state index contributed by atoms with van der Waals surface area (Å²) >= 11 is 1.52. The highest BCUT2D eigenvalue weighted by atomic mass is 32.1. The van der Waals surface area contributed by atoms with Gasteiger partial charge in [-0.15, -0.1) is 11.3 Å². The minimum Gasteiger partial charge on any atom is -0.399 e. The minimum atomic E-state index is 0.109. The zero-order valence-corrected chi connectivity index (χ0v) is 14.6. The summed E-state index contributed by atoms with van der Waals surface area (Å²) < 4.78 is 0. The van der Waals surface area contributed by atoms with Crippen LogP contribution in [0.4, 0.5) is 5.69 Å². The van der Waals surface area contributed by atoms with Crippen molar-refractivity contribution in [2.45, 2.75) is 44.6 Å². The average molecular weight is 341 g/mol. The standard InChI is InChI=1S/C19H23N3OS/c20-15-8-3-6-14(11-15)18-21-16(12-24-18)19(23)22-10-4-7-13-5-1-2-9-17(13)22/h3,6,8,11-13,17H,1-2,4-5,7,9-10,20H2. The van der Waals surface area contributed by atoms with Crippen molar-refractivity contribution in [2.24, 2.45) is 5.92 Å². The first-order chi connectivity index (χ1) is 11.7. The number of carbonyl (C=O) groups excluding carboxylic acids is 1. The zero-order chi connectivity index (χ0) is 16.5. The highest BCUT2D eigenvalue weighted by molar-refractivity contribution is 7.13. The number of carbonyl (C=O) groups is 1. The van der Waals surface area contributed by atoms with E-state index >= 15 is 0 Å². The second kappa shape index (κ2) is 6.55. The van der Waals surface area contributed by atoms with Crippen LogP contribution in [0.15, 0.2) is 29.6 Å². The Bertz CT molecular complexity index is 740. The molecule has 1 aromatic heterocycles. The SMILES string of the molecule is Nc1cccc(-c2nc(C(=O)N3CCCC4CCCCC43)cs2)c1. The lowest BCUT2D eigenvalue weighted by Gasteiger charge is -2.43. The number of fused-ring (bicyclic) bond motifs is 1. The van der Waals surface area contributed by atoms with Gasteiger partial charge >= 0.3 is 0 Å². The molecule has 0 spiro atoms. The molecule has 4 nitrogen and oxygen atoms in total. The number of amides is 1. The van der Waals surface area contributed by atoms with E-state index in [1.807, 2.05) is 29.6 Å². The molecule has 1 aliphatic heterocycles. The zero-order valence-electron chi connectivity index (χ0n) is 13.8. The van der Waals surface area contributed by atoms with E-state index in [0.717, 1.165) is 35.6 Å². The molecule has 1 aromatic carbocycles. The van der Waals surface area contributed by atoms with E-state index in [2.05, 4.69) is 9.88 Å². The number of benzene rings is 1. The second-order valence-electron chi connectivity index (χ2n) is 6.92. The molecule has 2 aliphatic rings. The number of anilines is 1. The Hall–Kier alpha value is -1.88. The predicted octanol–water partition coefficient (Wildman–Crippen LogP) is 4.19. The molecule has 126 valence electrons. The van der Waals surface area contributed by atoms with Gasteiger partial charge in [0, 0.05) is 29.2 Å². The van der Waals surface area contributed by atoms with Crippen LogP contribution in [0.1, 0.15) is 49.0 Å². The summed E-state index contributed by atoms with van der Waals surface area (Å²) in [5.74, 6) is 0.807. The fourth-order valence-corrected chi connectivity index (χ4v) is 4.99. The van der Waals surface area contributed by atoms with Crippen molar-refractivity contribution in [3.05, 3.63) is 35.3 Å². The fourth-order valence-electron chi connectivity index (χ4n) is 4.20. The lowest BCUT2D eigenvalue weighted by Crippen LogP contribution is -2.49. The maximum atomic E-state index is 13.0. The molecule has 2 atom stereocenters. The Kier molecular flexibility index (Phi) is 4.27. The van der Waals surface area contributed by atoms with Gasteiger partial charge in [-0.2, -0.15) is 0 Å². The minimum absolute atomic E-state index is 0.109. The molecule has 2 aromatic rings. The first-order valence-corrected chi connectivity index (χ1v) is 9.73. The molecule has 0 radical (unpaired) electrons. The van der Waals surface area contributed by atoms with Crippen LogP contribution in [0.5, 0.6) is 0 Å². The number of nitrogen functional groups attached to an aromatic ring is 1. The van der Waals surface area contributed by atoms with Gasteiger partial charge in [0.2, 0.25) is 0 Å². The maximum Gasteiger partial charge on any atom is 0.273 e. The highest BCUT2D eigenvalue weighted by Gasteiger charge is 2.36. The molecule has 2 fully saturated rings. The third-order valence-corrected chi connectivity index (χ3v) is 6.25. The van der Waals surface area contributed by atoms with Crippen LogP contribution >= 0.6 is 11.3 Å². The molecular formula is C19H23N3OS. The van der Waals surface area contributed by atoms with Gasteiger partial charge in [0.1, 0.15) is 10.7 Å². The maximum absolute atomic E-state index is 13.0. The van der Waals surface area contributed by atoms with Gasteiger partial charge in [0.05, 0.1) is 0 Å². The lowest BCUT2D eigenvalue weighted by molar-refractivity contribution is 0.0386. The second-order valence-corrected chi connectivity index (χ2v) is 7.77. The monoisotopic (exact) mass is 341 g/mol. The number of nitrogens with two attached hydrogens (primary N) is 1. The van der Waals surface area contributed by atoms with E-state index in [0.29, 0.717) is 17.7 Å². The van der Waals surface area contributed by atoms with E-state index in [-0.39, 0.29) is 5.91 Å². The van der Waals surface area contributed by atoms with Gasteiger partial charge in [0.15, 0.2) is 0 Å². The molecule has 1 saturated heterocycles. The summed E-state index contributed by atoms with van der Waals surface area (Å²) in [5, 5.41) is 2.76. The molecule has 1 saturated carbocycles. The number of hydrogen-bond donors (Lipinski definition) is 1. The van der Waals surface area contributed by atoms with Crippen molar-refractivity contribution in [1.82, 2.24) is 9.88 Å². The number of piperidine rings is 1. The Balaban J connectivity index is 1.56. The van der Waals surface area contributed by atoms with Crippen molar-refractivity contribution in [3.8, 4) is 10.6 Å². The van der Waals surface area contributed by atoms with Crippen LogP contribution in [0, 0.1) is 5.92 Å². The number of hydrogen-bond acceptors (Lipinski definition) is 4. The number of nitrogens with zero attached hydrogens (tertiary/aromatic N) is 2. The molecule has 2 unspecified atom stereocenters. The Morgan fingerprint density at radius 2 is 2.04 bits per heavy atom. The summed E-state index contributed by atoms with van der Waals surface area (Å²) in [6.45, 7) is 0.880. The molecule has 4 rings (SSSR count). The van der Waals surface area contributed by atoms with Crippen molar-refractivity contribution in [2.75, 3.05) is 12.3 Å². The number of rotatable bonds is 2. The molecule has 2 heterocycles. The lowest BCUT2D eigenvalue weighted by atomic mass is 9.78. The van der Waals surface area contributed by atoms with Crippen LogP contribution in [0.3, 0.4) is 0 Å². The Morgan fingerprint density at radius 3 is 2.92 bits per heavy atom. The van der Waals surface area contributed by atoms with Gasteiger partial charge < -0.3 is 10.6 Å². The van der Waals surface area contributed by atoms with Gasteiger partial charge in [0.25, 0.3) is 5.91 Å². The van der Waals surface area contributed by atoms with Crippen LogP contribution in [0.25, 0.3) is 10.6 Å². The first-order valence-electron chi connectivity index (χ1n) is 8.85. The van der Waals surface area contributed by atoms with Crippen molar-refractivity contribution < 1.29 is 4.79 Å². The quantitative estimate of drug-likeness (QED) is 0.833. The van der Waals surface area contributed by atoms with Crippen LogP contribution in [-0.4, -0.2) is 28.4 Å². The number of thiazole rings is 1. The summed E-state index contributed by atoms with van der Waals surface area (Å²) in [7, 11) is 0. The Morgan fingerprint density at radius 1 is 1.21 bits per heavy atom. The van der Waals surface area contributed by atoms with Crippen molar-refractivity contribution in [3.63, 3.8) is 0 Å². The Labute approximate surface area is 146 Å². The first kappa shape index (κ1) is 15.6. The number of aromatic nitrogens is 1. The van der Waals surface area contributed by atoms with Gasteiger partial charge in [-0.05, 0) is 43.7 Å². The van der Waals surface area contributed by atoms with E-state index in [1.54, 1.807) is 0 Å². The predicted molar refractivity (Wildman–Crippen MR) is 98.0 cm³/mol. The molecule has 24 heavy (non-hydrogen) atoms. The summed E-state index contributed by atoms with van der Waals surface area (Å²) in [4.78, 5) is 19.7. The molecule has 0 bridgehead atoms. The van der Waals surface area contributed by atoms with E-state index in [1.165, 1.54) is 37.0 Å². The molecule has 1 amide bonds. The topological polar surface area (TPSA) is 59.2 Å². The smallest absolute Gasteiger partial charge is 0.273 e. The highest BCUT2D eigenvalue weighted by Crippen LogP contribution is 2.36. The van der Waals surface area contributed by atoms with Crippen LogP contribution in [-0.2, 0) is 0 Å².